The zero-order valence-corrected chi connectivity index (χ0v) is 14.1. The highest BCUT2D eigenvalue weighted by molar-refractivity contribution is 6.30. The molecule has 0 heterocycles. The Morgan fingerprint density at radius 3 is 1.86 bits per heavy atom. The zero-order chi connectivity index (χ0) is 16.8. The van der Waals surface area contributed by atoms with Gasteiger partial charge in [0, 0.05) is 11.4 Å². The minimum Gasteiger partial charge on any atom is -0.464 e. The molecule has 1 aromatic rings. The van der Waals surface area contributed by atoms with Gasteiger partial charge in [-0.1, -0.05) is 23.7 Å². The first-order chi connectivity index (χ1) is 10.4. The Bertz CT molecular complexity index is 495. The van der Waals surface area contributed by atoms with Crippen molar-refractivity contribution in [3.63, 3.8) is 0 Å². The largest absolute Gasteiger partial charge is 0.464 e. The first kappa shape index (κ1) is 18.5. The first-order valence-corrected chi connectivity index (χ1v) is 7.52. The number of ether oxygens (including phenoxy) is 2. The molecule has 0 fully saturated rings. The maximum absolute atomic E-state index is 12.5. The molecule has 122 valence electrons. The van der Waals surface area contributed by atoms with Crippen molar-refractivity contribution >= 4 is 23.5 Å². The van der Waals surface area contributed by atoms with Gasteiger partial charge in [-0.3, -0.25) is 4.90 Å². The molecule has 22 heavy (non-hydrogen) atoms. The summed E-state index contributed by atoms with van der Waals surface area (Å²) in [4.78, 5) is 26.5. The lowest BCUT2D eigenvalue weighted by Crippen LogP contribution is -2.60. The fraction of sp³-hybridized carbons (Fsp3) is 0.500. The average molecular weight is 328 g/mol. The summed E-state index contributed by atoms with van der Waals surface area (Å²) in [5, 5.41) is 0.589. The molecule has 0 aliphatic heterocycles. The number of hydrogen-bond acceptors (Lipinski definition) is 5. The van der Waals surface area contributed by atoms with Crippen molar-refractivity contribution in [2.24, 2.45) is 0 Å². The molecule has 0 amide bonds. The van der Waals surface area contributed by atoms with E-state index in [9.17, 15) is 9.59 Å². The summed E-state index contributed by atoms with van der Waals surface area (Å²) >= 11 is 5.88. The molecular formula is C16H22ClNO4. The topological polar surface area (TPSA) is 55.8 Å². The highest BCUT2D eigenvalue weighted by Crippen LogP contribution is 2.24. The molecular weight excluding hydrogens is 306 g/mol. The normalized spacial score (nSPS) is 11.4. The third kappa shape index (κ3) is 3.99. The van der Waals surface area contributed by atoms with E-state index in [2.05, 4.69) is 0 Å². The number of nitrogens with zero attached hydrogens (tertiary/aromatic N) is 1. The van der Waals surface area contributed by atoms with Crippen LogP contribution in [0.4, 0.5) is 0 Å². The maximum Gasteiger partial charge on any atom is 0.338 e. The number of likely N-dealkylation sites (N-methyl/N-ethyl adjacent to an activating group) is 1. The van der Waals surface area contributed by atoms with Crippen LogP contribution < -0.4 is 0 Å². The van der Waals surface area contributed by atoms with Crippen molar-refractivity contribution < 1.29 is 19.1 Å². The van der Waals surface area contributed by atoms with Crippen molar-refractivity contribution in [3.05, 3.63) is 34.9 Å². The molecule has 0 aliphatic rings. The van der Waals surface area contributed by atoms with Crippen LogP contribution in [0.5, 0.6) is 0 Å². The van der Waals surface area contributed by atoms with Gasteiger partial charge in [0.25, 0.3) is 0 Å². The minimum atomic E-state index is -1.51. The lowest BCUT2D eigenvalue weighted by Gasteiger charge is -2.35. The lowest BCUT2D eigenvalue weighted by atomic mass is 9.89. The molecule has 0 spiro atoms. The molecule has 1 rings (SSSR count). The second kappa shape index (κ2) is 8.15. The third-order valence-electron chi connectivity index (χ3n) is 3.36. The Hall–Kier alpha value is -1.59. The molecule has 0 aliphatic carbocycles. The predicted octanol–water partition coefficient (Wildman–Crippen LogP) is 2.31. The van der Waals surface area contributed by atoms with Crippen molar-refractivity contribution in [2.75, 3.05) is 27.3 Å². The Morgan fingerprint density at radius 2 is 1.50 bits per heavy atom. The number of benzene rings is 1. The van der Waals surface area contributed by atoms with Gasteiger partial charge in [-0.15, -0.1) is 0 Å². The van der Waals surface area contributed by atoms with Gasteiger partial charge in [0.05, 0.1) is 13.2 Å². The van der Waals surface area contributed by atoms with Crippen LogP contribution in [0, 0.1) is 0 Å². The van der Waals surface area contributed by atoms with E-state index in [1.165, 1.54) is 4.90 Å². The Balaban J connectivity index is 3.25. The molecule has 0 unspecified atom stereocenters. The maximum atomic E-state index is 12.5. The monoisotopic (exact) mass is 327 g/mol. The molecule has 0 atom stereocenters. The van der Waals surface area contributed by atoms with E-state index in [0.29, 0.717) is 5.02 Å². The molecule has 0 bridgehead atoms. The van der Waals surface area contributed by atoms with E-state index in [-0.39, 0.29) is 19.6 Å². The van der Waals surface area contributed by atoms with Gasteiger partial charge in [-0.2, -0.15) is 0 Å². The second-order valence-corrected chi connectivity index (χ2v) is 5.44. The summed E-state index contributed by atoms with van der Waals surface area (Å²) in [6.45, 7) is 3.78. The van der Waals surface area contributed by atoms with Gasteiger partial charge in [-0.25, -0.2) is 9.59 Å². The molecule has 5 nitrogen and oxygen atoms in total. The smallest absolute Gasteiger partial charge is 0.338 e. The van der Waals surface area contributed by atoms with E-state index >= 15 is 0 Å². The van der Waals surface area contributed by atoms with E-state index < -0.39 is 17.5 Å². The van der Waals surface area contributed by atoms with E-state index in [1.54, 1.807) is 52.2 Å². The van der Waals surface area contributed by atoms with E-state index in [0.717, 1.165) is 5.56 Å². The van der Waals surface area contributed by atoms with Crippen molar-refractivity contribution in [2.45, 2.75) is 25.8 Å². The van der Waals surface area contributed by atoms with Crippen LogP contribution in [0.15, 0.2) is 24.3 Å². The third-order valence-corrected chi connectivity index (χ3v) is 3.61. The van der Waals surface area contributed by atoms with Crippen LogP contribution >= 0.6 is 11.6 Å². The van der Waals surface area contributed by atoms with Crippen LogP contribution in [0.25, 0.3) is 0 Å². The summed E-state index contributed by atoms with van der Waals surface area (Å²) in [6, 6.07) is 6.99. The molecule has 6 heteroatoms. The Kier molecular flexibility index (Phi) is 6.84. The van der Waals surface area contributed by atoms with Gasteiger partial charge in [0.2, 0.25) is 5.54 Å². The second-order valence-electron chi connectivity index (χ2n) is 5.00. The quantitative estimate of drug-likeness (QED) is 0.568. The first-order valence-electron chi connectivity index (χ1n) is 7.14. The van der Waals surface area contributed by atoms with Gasteiger partial charge >= 0.3 is 11.9 Å². The number of carbonyl (C=O) groups is 2. The summed E-state index contributed by atoms with van der Waals surface area (Å²) < 4.78 is 10.2. The summed E-state index contributed by atoms with van der Waals surface area (Å²) in [5.74, 6) is -1.23. The highest BCUT2D eigenvalue weighted by Gasteiger charge is 2.51. The molecule has 0 radical (unpaired) electrons. The Labute approximate surface area is 136 Å². The number of hydrogen-bond donors (Lipinski definition) is 0. The minimum absolute atomic E-state index is 0.148. The molecule has 0 N–H and O–H groups in total. The van der Waals surface area contributed by atoms with Crippen molar-refractivity contribution in [1.82, 2.24) is 4.90 Å². The van der Waals surface area contributed by atoms with Crippen molar-refractivity contribution in [1.29, 1.82) is 0 Å². The average Bonchev–Trinajstić information content (AvgIpc) is 2.46. The lowest BCUT2D eigenvalue weighted by molar-refractivity contribution is -0.173. The van der Waals surface area contributed by atoms with Crippen LogP contribution in [0.3, 0.4) is 0 Å². The van der Waals surface area contributed by atoms with Crippen LogP contribution in [0.1, 0.15) is 19.4 Å². The van der Waals surface area contributed by atoms with Gasteiger partial charge in [0.1, 0.15) is 0 Å². The number of halogens is 1. The molecule has 1 aromatic carbocycles. The van der Waals surface area contributed by atoms with Crippen molar-refractivity contribution in [3.8, 4) is 0 Å². The Morgan fingerprint density at radius 1 is 1.05 bits per heavy atom. The van der Waals surface area contributed by atoms with Gasteiger partial charge in [-0.05, 0) is 45.6 Å². The highest BCUT2D eigenvalue weighted by atomic mass is 35.5. The molecule has 0 saturated heterocycles. The molecule has 0 aromatic heterocycles. The van der Waals surface area contributed by atoms with E-state index in [4.69, 9.17) is 21.1 Å². The van der Waals surface area contributed by atoms with Crippen LogP contribution in [-0.4, -0.2) is 49.7 Å². The fourth-order valence-corrected chi connectivity index (χ4v) is 2.28. The van der Waals surface area contributed by atoms with E-state index in [1.807, 2.05) is 0 Å². The summed E-state index contributed by atoms with van der Waals surface area (Å²) in [6.07, 6.45) is 0.148. The van der Waals surface area contributed by atoms with Crippen LogP contribution in [-0.2, 0) is 25.5 Å². The predicted molar refractivity (Wildman–Crippen MR) is 84.8 cm³/mol. The van der Waals surface area contributed by atoms with Gasteiger partial charge in [0.15, 0.2) is 0 Å². The number of esters is 2. The number of rotatable bonds is 7. The fourth-order valence-electron chi connectivity index (χ4n) is 2.15. The number of carbonyl (C=O) groups excluding carboxylic acids is 2. The summed E-state index contributed by atoms with van der Waals surface area (Å²) in [5.41, 5.74) is -0.723. The molecule has 0 saturated carbocycles. The zero-order valence-electron chi connectivity index (χ0n) is 13.4. The summed E-state index contributed by atoms with van der Waals surface area (Å²) in [7, 11) is 3.31. The van der Waals surface area contributed by atoms with Crippen LogP contribution in [0.2, 0.25) is 5.02 Å². The standard InChI is InChI=1S/C16H22ClNO4/c1-5-21-14(19)16(18(3)4,15(20)22-6-2)11-12-7-9-13(17)10-8-12/h7-10H,5-6,11H2,1-4H3. The van der Waals surface area contributed by atoms with Gasteiger partial charge < -0.3 is 9.47 Å². The SMILES string of the molecule is CCOC(=O)C(Cc1ccc(Cl)cc1)(C(=O)OCC)N(C)C.